The van der Waals surface area contributed by atoms with E-state index in [9.17, 15) is 8.78 Å². The van der Waals surface area contributed by atoms with Crippen LogP contribution in [0.4, 0.5) is 20.2 Å². The molecular weight excluding hydrogens is 406 g/mol. The summed E-state index contributed by atoms with van der Waals surface area (Å²) in [5.74, 6) is 1.36. The van der Waals surface area contributed by atoms with Crippen molar-refractivity contribution < 1.29 is 22.8 Å². The molecule has 2 heterocycles. The summed E-state index contributed by atoms with van der Waals surface area (Å²) in [6.07, 6.45) is 3.81. The van der Waals surface area contributed by atoms with Crippen molar-refractivity contribution in [1.29, 1.82) is 0 Å². The highest BCUT2D eigenvalue weighted by Gasteiger charge is 2.25. The van der Waals surface area contributed by atoms with Crippen LogP contribution in [0.2, 0.25) is 0 Å². The van der Waals surface area contributed by atoms with Crippen LogP contribution in [0, 0.1) is 13.8 Å². The number of methoxy groups -OCH3 is 1. The predicted octanol–water partition coefficient (Wildman–Crippen LogP) is 5.06. The van der Waals surface area contributed by atoms with E-state index in [1.54, 1.807) is 13.3 Å². The molecule has 0 atom stereocenters. The van der Waals surface area contributed by atoms with Gasteiger partial charge in [-0.05, 0) is 51.7 Å². The number of rotatable bonds is 6. The number of nitrogens with one attached hydrogen (secondary N) is 1. The maximum Gasteiger partial charge on any atom is 0.345 e. The number of ether oxygens (including phenoxy) is 2. The van der Waals surface area contributed by atoms with Crippen LogP contribution >= 0.6 is 0 Å². The number of alkyl halides is 2. The number of anilines is 2. The lowest BCUT2D eigenvalue weighted by molar-refractivity contribution is -0.169. The lowest BCUT2D eigenvalue weighted by atomic mass is 9.92. The molecule has 1 fully saturated rings. The zero-order valence-corrected chi connectivity index (χ0v) is 17.7. The topological polar surface area (TPSA) is 95.4 Å². The molecule has 1 aliphatic rings. The number of pyridine rings is 1. The van der Waals surface area contributed by atoms with Gasteiger partial charge < -0.3 is 25.0 Å². The first-order chi connectivity index (χ1) is 14.9. The summed E-state index contributed by atoms with van der Waals surface area (Å²) < 4.78 is 40.6. The molecular formula is C22H26F2N4O3. The van der Waals surface area contributed by atoms with Crippen molar-refractivity contribution >= 4 is 22.3 Å². The summed E-state index contributed by atoms with van der Waals surface area (Å²) in [5, 5.41) is 8.37. The van der Waals surface area contributed by atoms with Gasteiger partial charge in [-0.2, -0.15) is 8.78 Å². The van der Waals surface area contributed by atoms with Crippen LogP contribution in [0.5, 0.6) is 5.75 Å². The second-order valence-corrected chi connectivity index (χ2v) is 7.87. The third-order valence-corrected chi connectivity index (χ3v) is 5.84. The summed E-state index contributed by atoms with van der Waals surface area (Å²) in [4.78, 5) is 4.51. The number of fused-ring (bicyclic) bond motifs is 1. The monoisotopic (exact) mass is 432 g/mol. The highest BCUT2D eigenvalue weighted by Crippen LogP contribution is 2.40. The Morgan fingerprint density at radius 2 is 1.94 bits per heavy atom. The molecule has 0 amide bonds. The van der Waals surface area contributed by atoms with Gasteiger partial charge in [0.15, 0.2) is 0 Å². The molecule has 0 unspecified atom stereocenters. The molecule has 0 bridgehead atoms. The Morgan fingerprint density at radius 1 is 1.19 bits per heavy atom. The largest absolute Gasteiger partial charge is 0.496 e. The summed E-state index contributed by atoms with van der Waals surface area (Å²) in [5.41, 5.74) is 10.8. The van der Waals surface area contributed by atoms with E-state index < -0.39 is 12.7 Å². The van der Waals surface area contributed by atoms with Crippen molar-refractivity contribution in [3.05, 3.63) is 29.8 Å². The third-order valence-electron chi connectivity index (χ3n) is 5.84. The van der Waals surface area contributed by atoms with Crippen LogP contribution in [0.25, 0.3) is 22.0 Å². The lowest BCUT2D eigenvalue weighted by Crippen LogP contribution is -2.31. The minimum absolute atomic E-state index is 0.110. The molecule has 1 saturated carbocycles. The van der Waals surface area contributed by atoms with Gasteiger partial charge >= 0.3 is 6.61 Å². The van der Waals surface area contributed by atoms with Crippen LogP contribution in [0.1, 0.15) is 37.1 Å². The molecule has 1 aliphatic carbocycles. The molecule has 0 aliphatic heterocycles. The standard InChI is InChI=1S/C22H26F2N4O3/c1-11-20(12(2)31-28-11)16-8-18-15(9-19(16)29-3)21(17(25)10-26-18)27-13-4-6-14(7-5-13)30-22(23)24/h8-10,13-14,22H,4-7,25H2,1-3H3,(H,26,27). The van der Waals surface area contributed by atoms with E-state index in [0.29, 0.717) is 30.0 Å². The highest BCUT2D eigenvalue weighted by molar-refractivity contribution is 6.00. The van der Waals surface area contributed by atoms with Gasteiger partial charge in [-0.25, -0.2) is 0 Å². The molecule has 4 rings (SSSR count). The van der Waals surface area contributed by atoms with Gasteiger partial charge in [0.1, 0.15) is 11.5 Å². The summed E-state index contributed by atoms with van der Waals surface area (Å²) in [6.45, 7) is 1.01. The van der Waals surface area contributed by atoms with E-state index in [1.807, 2.05) is 26.0 Å². The summed E-state index contributed by atoms with van der Waals surface area (Å²) in [6, 6.07) is 3.96. The molecule has 1 aromatic carbocycles. The molecule has 7 nitrogen and oxygen atoms in total. The zero-order chi connectivity index (χ0) is 22.1. The van der Waals surface area contributed by atoms with Crippen LogP contribution in [-0.4, -0.2) is 36.0 Å². The van der Waals surface area contributed by atoms with Gasteiger partial charge in [-0.3, -0.25) is 4.98 Å². The molecule has 3 aromatic rings. The number of aromatic nitrogens is 2. The Hall–Kier alpha value is -2.94. The average molecular weight is 432 g/mol. The van der Waals surface area contributed by atoms with Crippen LogP contribution < -0.4 is 15.8 Å². The first-order valence-corrected chi connectivity index (χ1v) is 10.3. The Kier molecular flexibility index (Phi) is 5.95. The van der Waals surface area contributed by atoms with Crippen molar-refractivity contribution in [2.45, 2.75) is 58.3 Å². The minimum Gasteiger partial charge on any atom is -0.496 e. The van der Waals surface area contributed by atoms with Crippen LogP contribution in [0.15, 0.2) is 22.9 Å². The number of benzene rings is 1. The number of hydrogen-bond acceptors (Lipinski definition) is 7. The van der Waals surface area contributed by atoms with Gasteiger partial charge in [0.25, 0.3) is 0 Å². The number of aryl methyl sites for hydroxylation is 2. The highest BCUT2D eigenvalue weighted by atomic mass is 19.3. The first-order valence-electron chi connectivity index (χ1n) is 10.3. The second kappa shape index (κ2) is 8.66. The van der Waals surface area contributed by atoms with E-state index in [0.717, 1.165) is 46.3 Å². The maximum atomic E-state index is 12.5. The number of nitrogens with zero attached hydrogens (tertiary/aromatic N) is 2. The smallest absolute Gasteiger partial charge is 0.345 e. The Labute approximate surface area is 178 Å². The Morgan fingerprint density at radius 3 is 2.55 bits per heavy atom. The van der Waals surface area contributed by atoms with Gasteiger partial charge in [0.2, 0.25) is 0 Å². The molecule has 31 heavy (non-hydrogen) atoms. The number of nitrogens with two attached hydrogens (primary N) is 1. The van der Waals surface area contributed by atoms with E-state index in [1.165, 1.54) is 0 Å². The predicted molar refractivity (Wildman–Crippen MR) is 114 cm³/mol. The van der Waals surface area contributed by atoms with E-state index in [2.05, 4.69) is 20.2 Å². The number of halogens is 2. The van der Waals surface area contributed by atoms with E-state index >= 15 is 0 Å². The Bertz CT molecular complexity index is 1060. The lowest BCUT2D eigenvalue weighted by Gasteiger charge is -2.30. The minimum atomic E-state index is -2.73. The fourth-order valence-electron chi connectivity index (χ4n) is 4.32. The third kappa shape index (κ3) is 4.27. The second-order valence-electron chi connectivity index (χ2n) is 7.87. The van der Waals surface area contributed by atoms with Crippen molar-refractivity contribution in [1.82, 2.24) is 10.1 Å². The molecule has 2 aromatic heterocycles. The van der Waals surface area contributed by atoms with Crippen molar-refractivity contribution in [3.8, 4) is 16.9 Å². The van der Waals surface area contributed by atoms with Gasteiger partial charge in [0.05, 0.1) is 47.6 Å². The molecule has 0 saturated heterocycles. The van der Waals surface area contributed by atoms with E-state index in [4.69, 9.17) is 15.0 Å². The molecule has 3 N–H and O–H groups in total. The fraction of sp³-hybridized carbons (Fsp3) is 0.455. The number of hydrogen-bond donors (Lipinski definition) is 2. The van der Waals surface area contributed by atoms with Crippen LogP contribution in [-0.2, 0) is 4.74 Å². The molecule has 0 radical (unpaired) electrons. The van der Waals surface area contributed by atoms with Crippen LogP contribution in [0.3, 0.4) is 0 Å². The quantitative estimate of drug-likeness (QED) is 0.562. The average Bonchev–Trinajstić information content (AvgIpc) is 3.08. The maximum absolute atomic E-state index is 12.5. The molecule has 166 valence electrons. The van der Waals surface area contributed by atoms with Crippen molar-refractivity contribution in [2.75, 3.05) is 18.2 Å². The van der Waals surface area contributed by atoms with E-state index in [-0.39, 0.29) is 6.04 Å². The molecule has 9 heteroatoms. The van der Waals surface area contributed by atoms with Gasteiger partial charge in [-0.1, -0.05) is 5.16 Å². The first kappa shape index (κ1) is 21.3. The summed E-state index contributed by atoms with van der Waals surface area (Å²) >= 11 is 0. The van der Waals surface area contributed by atoms with Gasteiger partial charge in [0, 0.05) is 17.0 Å². The number of nitrogen functional groups attached to an aromatic ring is 1. The SMILES string of the molecule is COc1cc2c(NC3CCC(OC(F)F)CC3)c(N)cnc2cc1-c1c(C)noc1C. The normalized spacial score (nSPS) is 19.2. The Balaban J connectivity index is 1.66. The van der Waals surface area contributed by atoms with Gasteiger partial charge in [-0.15, -0.1) is 0 Å². The molecule has 0 spiro atoms. The zero-order valence-electron chi connectivity index (χ0n) is 17.7. The summed E-state index contributed by atoms with van der Waals surface area (Å²) in [7, 11) is 1.61. The van der Waals surface area contributed by atoms with Crippen molar-refractivity contribution in [2.24, 2.45) is 0 Å². The fourth-order valence-corrected chi connectivity index (χ4v) is 4.32. The van der Waals surface area contributed by atoms with Crippen molar-refractivity contribution in [3.63, 3.8) is 0 Å².